The van der Waals surface area contributed by atoms with Crippen LogP contribution in [0.15, 0.2) is 36.7 Å². The van der Waals surface area contributed by atoms with Gasteiger partial charge in [-0.2, -0.15) is 0 Å². The lowest BCUT2D eigenvalue weighted by atomic mass is 10.2. The smallest absolute Gasteiger partial charge is 0.406 e. The van der Waals surface area contributed by atoms with Crippen LogP contribution >= 0.6 is 0 Å². The summed E-state index contributed by atoms with van der Waals surface area (Å²) in [5, 5.41) is 0. The monoisotopic (exact) mass is 242 g/mol. The van der Waals surface area contributed by atoms with Gasteiger partial charge < -0.3 is 9.30 Å². The first-order valence-electron chi connectivity index (χ1n) is 4.79. The topological polar surface area (TPSA) is 27.1 Å². The van der Waals surface area contributed by atoms with Gasteiger partial charge >= 0.3 is 6.36 Å². The molecule has 0 N–H and O–H groups in total. The van der Waals surface area contributed by atoms with Gasteiger partial charge in [0.2, 0.25) is 0 Å². The molecule has 0 bridgehead atoms. The fraction of sp³-hybridized carbons (Fsp3) is 0.182. The van der Waals surface area contributed by atoms with Gasteiger partial charge in [0.05, 0.1) is 0 Å². The number of ether oxygens (including phenoxy) is 1. The van der Waals surface area contributed by atoms with Gasteiger partial charge in [-0.15, -0.1) is 13.2 Å². The molecule has 2 aromatic rings. The van der Waals surface area contributed by atoms with Crippen molar-refractivity contribution < 1.29 is 17.9 Å². The molecule has 0 amide bonds. The largest absolute Gasteiger partial charge is 0.573 e. The molecule has 0 atom stereocenters. The Morgan fingerprint density at radius 3 is 2.65 bits per heavy atom. The van der Waals surface area contributed by atoms with Gasteiger partial charge in [0, 0.05) is 25.0 Å². The van der Waals surface area contributed by atoms with Crippen LogP contribution in [0.3, 0.4) is 0 Å². The van der Waals surface area contributed by atoms with Crippen molar-refractivity contribution in [1.29, 1.82) is 0 Å². The maximum atomic E-state index is 12.1. The number of hydrogen-bond acceptors (Lipinski definition) is 2. The fourth-order valence-electron chi connectivity index (χ4n) is 1.48. The number of nitrogens with zero attached hydrogens (tertiary/aromatic N) is 2. The average Bonchev–Trinajstić information content (AvgIpc) is 2.62. The van der Waals surface area contributed by atoms with Crippen molar-refractivity contribution in [2.45, 2.75) is 6.36 Å². The van der Waals surface area contributed by atoms with Crippen molar-refractivity contribution in [2.24, 2.45) is 7.05 Å². The molecule has 0 saturated carbocycles. The Kier molecular flexibility index (Phi) is 2.79. The molecule has 0 aliphatic rings. The molecule has 0 saturated heterocycles. The van der Waals surface area contributed by atoms with Crippen LogP contribution in [0.2, 0.25) is 0 Å². The Balaban J connectivity index is 2.32. The van der Waals surface area contributed by atoms with Crippen LogP contribution in [0.1, 0.15) is 0 Å². The van der Waals surface area contributed by atoms with Crippen molar-refractivity contribution in [3.63, 3.8) is 0 Å². The molecule has 90 valence electrons. The van der Waals surface area contributed by atoms with E-state index in [4.69, 9.17) is 0 Å². The Hall–Kier alpha value is -1.98. The third-order valence-electron chi connectivity index (χ3n) is 2.15. The van der Waals surface area contributed by atoms with E-state index >= 15 is 0 Å². The molecule has 1 aromatic carbocycles. The molecular weight excluding hydrogens is 233 g/mol. The van der Waals surface area contributed by atoms with Crippen molar-refractivity contribution in [1.82, 2.24) is 9.55 Å². The number of rotatable bonds is 2. The predicted molar refractivity (Wildman–Crippen MR) is 55.3 cm³/mol. The van der Waals surface area contributed by atoms with E-state index in [-0.39, 0.29) is 5.75 Å². The Morgan fingerprint density at radius 2 is 2.06 bits per heavy atom. The van der Waals surface area contributed by atoms with Crippen LogP contribution < -0.4 is 4.74 Å². The fourth-order valence-corrected chi connectivity index (χ4v) is 1.48. The van der Waals surface area contributed by atoms with E-state index in [1.807, 2.05) is 0 Å². The average molecular weight is 242 g/mol. The molecule has 2 rings (SSSR count). The summed E-state index contributed by atoms with van der Waals surface area (Å²) >= 11 is 0. The van der Waals surface area contributed by atoms with E-state index in [1.54, 1.807) is 30.1 Å². The number of halogens is 3. The van der Waals surface area contributed by atoms with Gasteiger partial charge in [-0.3, -0.25) is 0 Å². The van der Waals surface area contributed by atoms with Gasteiger partial charge in [0.1, 0.15) is 11.6 Å². The molecule has 0 fully saturated rings. The molecule has 1 heterocycles. The van der Waals surface area contributed by atoms with E-state index in [1.165, 1.54) is 18.2 Å². The summed E-state index contributed by atoms with van der Waals surface area (Å²) in [7, 11) is 1.76. The van der Waals surface area contributed by atoms with Crippen LogP contribution in [-0.4, -0.2) is 15.9 Å². The highest BCUT2D eigenvalue weighted by Gasteiger charge is 2.31. The lowest BCUT2D eigenvalue weighted by Gasteiger charge is -2.09. The Bertz CT molecular complexity index is 519. The van der Waals surface area contributed by atoms with E-state index in [0.717, 1.165) is 0 Å². The summed E-state index contributed by atoms with van der Waals surface area (Å²) in [4.78, 5) is 4.05. The van der Waals surface area contributed by atoms with Crippen LogP contribution in [0.5, 0.6) is 5.75 Å². The number of hydrogen-bond donors (Lipinski definition) is 0. The van der Waals surface area contributed by atoms with Crippen LogP contribution in [-0.2, 0) is 7.05 Å². The van der Waals surface area contributed by atoms with Crippen molar-refractivity contribution in [3.05, 3.63) is 36.7 Å². The van der Waals surface area contributed by atoms with E-state index < -0.39 is 6.36 Å². The zero-order valence-corrected chi connectivity index (χ0v) is 8.90. The van der Waals surface area contributed by atoms with E-state index in [0.29, 0.717) is 11.4 Å². The first kappa shape index (κ1) is 11.5. The number of imidazole rings is 1. The molecule has 1 aromatic heterocycles. The predicted octanol–water partition coefficient (Wildman–Crippen LogP) is 2.99. The molecule has 0 unspecified atom stereocenters. The second-order valence-electron chi connectivity index (χ2n) is 3.44. The highest BCUT2D eigenvalue weighted by atomic mass is 19.4. The third kappa shape index (κ3) is 2.77. The lowest BCUT2D eigenvalue weighted by molar-refractivity contribution is -0.274. The number of aryl methyl sites for hydroxylation is 1. The van der Waals surface area contributed by atoms with Gasteiger partial charge in [0.25, 0.3) is 0 Å². The highest BCUT2D eigenvalue weighted by Crippen LogP contribution is 2.26. The highest BCUT2D eigenvalue weighted by molar-refractivity contribution is 5.57. The molecule has 0 aliphatic heterocycles. The SMILES string of the molecule is Cn1ccnc1-c1cccc(OC(F)(F)F)c1. The summed E-state index contributed by atoms with van der Waals surface area (Å²) in [6.45, 7) is 0. The van der Waals surface area contributed by atoms with Crippen LogP contribution in [0, 0.1) is 0 Å². The first-order valence-corrected chi connectivity index (χ1v) is 4.79. The van der Waals surface area contributed by atoms with Crippen LogP contribution in [0.4, 0.5) is 13.2 Å². The Labute approximate surface area is 95.5 Å². The van der Waals surface area contributed by atoms with Crippen molar-refractivity contribution in [3.8, 4) is 17.1 Å². The van der Waals surface area contributed by atoms with Crippen LogP contribution in [0.25, 0.3) is 11.4 Å². The molecule has 0 radical (unpaired) electrons. The summed E-state index contributed by atoms with van der Waals surface area (Å²) < 4.78 is 41.7. The number of benzene rings is 1. The second-order valence-corrected chi connectivity index (χ2v) is 3.44. The maximum absolute atomic E-state index is 12.1. The summed E-state index contributed by atoms with van der Waals surface area (Å²) in [6.07, 6.45) is -1.39. The minimum absolute atomic E-state index is 0.252. The van der Waals surface area contributed by atoms with Gasteiger partial charge in [0.15, 0.2) is 0 Å². The van der Waals surface area contributed by atoms with Crippen molar-refractivity contribution >= 4 is 0 Å². The maximum Gasteiger partial charge on any atom is 0.573 e. The van der Waals surface area contributed by atoms with Gasteiger partial charge in [-0.1, -0.05) is 12.1 Å². The van der Waals surface area contributed by atoms with Gasteiger partial charge in [-0.05, 0) is 12.1 Å². The summed E-state index contributed by atoms with van der Waals surface area (Å²) in [5.41, 5.74) is 0.569. The Morgan fingerprint density at radius 1 is 1.29 bits per heavy atom. The van der Waals surface area contributed by atoms with Gasteiger partial charge in [-0.25, -0.2) is 4.98 Å². The normalized spacial score (nSPS) is 11.5. The quantitative estimate of drug-likeness (QED) is 0.809. The molecule has 0 aliphatic carbocycles. The molecule has 0 spiro atoms. The molecular formula is C11H9F3N2O. The standard InChI is InChI=1S/C11H9F3N2O/c1-16-6-5-15-10(16)8-3-2-4-9(7-8)17-11(12,13)14/h2-7H,1H3. The zero-order chi connectivity index (χ0) is 12.5. The molecule has 6 heteroatoms. The van der Waals surface area contributed by atoms with E-state index in [9.17, 15) is 13.2 Å². The zero-order valence-electron chi connectivity index (χ0n) is 8.90. The van der Waals surface area contributed by atoms with Crippen molar-refractivity contribution in [2.75, 3.05) is 0 Å². The lowest BCUT2D eigenvalue weighted by Crippen LogP contribution is -2.17. The second kappa shape index (κ2) is 4.12. The minimum atomic E-state index is -4.68. The summed E-state index contributed by atoms with van der Waals surface area (Å²) in [5.74, 6) is 0.329. The first-order chi connectivity index (χ1) is 7.96. The third-order valence-corrected chi connectivity index (χ3v) is 2.15. The molecule has 17 heavy (non-hydrogen) atoms. The summed E-state index contributed by atoms with van der Waals surface area (Å²) in [6, 6.07) is 5.71. The minimum Gasteiger partial charge on any atom is -0.406 e. The van der Waals surface area contributed by atoms with E-state index in [2.05, 4.69) is 9.72 Å². The number of aromatic nitrogens is 2. The molecule has 3 nitrogen and oxygen atoms in total. The number of alkyl halides is 3.